The maximum atomic E-state index is 13.6. The third-order valence-electron chi connectivity index (χ3n) is 3.49. The van der Waals surface area contributed by atoms with Crippen molar-refractivity contribution >= 4 is 5.97 Å². The monoisotopic (exact) mass is 339 g/mol. The molecule has 1 atom stereocenters. The molecule has 2 aromatic rings. The third-order valence-corrected chi connectivity index (χ3v) is 3.49. The molecular weight excluding hydrogens is 323 g/mol. The predicted octanol–water partition coefficient (Wildman–Crippen LogP) is 3.37. The van der Waals surface area contributed by atoms with Gasteiger partial charge in [0.1, 0.15) is 0 Å². The van der Waals surface area contributed by atoms with Gasteiger partial charge in [-0.05, 0) is 25.5 Å². The van der Waals surface area contributed by atoms with Crippen molar-refractivity contribution in [2.24, 2.45) is 0 Å². The number of pyridine rings is 1. The smallest absolute Gasteiger partial charge is 0.432 e. The molecule has 0 saturated heterocycles. The number of carbonyl (C=O) groups is 1. The lowest BCUT2D eigenvalue weighted by Crippen LogP contribution is -2.50. The minimum absolute atomic E-state index is 0.00498. The Labute approximate surface area is 136 Å². The number of aromatic nitrogens is 1. The molecule has 0 spiro atoms. The average Bonchev–Trinajstić information content (AvgIpc) is 2.54. The Bertz CT molecular complexity index is 729. The van der Waals surface area contributed by atoms with Gasteiger partial charge in [0.05, 0.1) is 12.3 Å². The molecule has 7 heteroatoms. The zero-order chi connectivity index (χ0) is 18.0. The summed E-state index contributed by atoms with van der Waals surface area (Å²) in [5.74, 6) is -1.77. The van der Waals surface area contributed by atoms with Crippen LogP contribution in [0.5, 0.6) is 0 Å². The number of carbonyl (C=O) groups excluding carboxylic acids is 1. The van der Waals surface area contributed by atoms with Gasteiger partial charge in [-0.3, -0.25) is 4.98 Å². The van der Waals surface area contributed by atoms with Gasteiger partial charge in [0.25, 0.3) is 5.60 Å². The number of aliphatic hydroxyl groups is 1. The number of ether oxygens (including phenoxy) is 1. The minimum Gasteiger partial charge on any atom is -0.463 e. The van der Waals surface area contributed by atoms with E-state index in [1.54, 1.807) is 13.0 Å². The van der Waals surface area contributed by atoms with E-state index in [-0.39, 0.29) is 17.9 Å². The summed E-state index contributed by atoms with van der Waals surface area (Å²) in [4.78, 5) is 16.0. The molecule has 0 fully saturated rings. The summed E-state index contributed by atoms with van der Waals surface area (Å²) >= 11 is 0. The van der Waals surface area contributed by atoms with E-state index in [2.05, 4.69) is 9.72 Å². The quantitative estimate of drug-likeness (QED) is 0.868. The predicted molar refractivity (Wildman–Crippen MR) is 81.0 cm³/mol. The normalized spacial score (nSPS) is 14.1. The summed E-state index contributed by atoms with van der Waals surface area (Å²) in [5, 5.41) is 10.3. The molecular formula is C17H16F3NO3. The Morgan fingerprint density at radius 3 is 2.42 bits per heavy atom. The summed E-state index contributed by atoms with van der Waals surface area (Å²) in [6.07, 6.45) is -3.76. The molecule has 1 unspecified atom stereocenters. The fourth-order valence-corrected chi connectivity index (χ4v) is 2.26. The van der Waals surface area contributed by atoms with E-state index in [1.165, 1.54) is 37.4 Å². The van der Waals surface area contributed by atoms with E-state index < -0.39 is 23.3 Å². The summed E-state index contributed by atoms with van der Waals surface area (Å²) in [7, 11) is 0. The number of benzene rings is 1. The van der Waals surface area contributed by atoms with Crippen molar-refractivity contribution in [3.8, 4) is 11.3 Å². The number of hydrogen-bond donors (Lipinski definition) is 1. The molecule has 1 aromatic heterocycles. The molecule has 0 radical (unpaired) electrons. The molecule has 24 heavy (non-hydrogen) atoms. The van der Waals surface area contributed by atoms with Gasteiger partial charge in [-0.2, -0.15) is 13.2 Å². The Morgan fingerprint density at radius 2 is 1.88 bits per heavy atom. The number of aryl methyl sites for hydroxylation is 1. The molecule has 0 bridgehead atoms. The van der Waals surface area contributed by atoms with Gasteiger partial charge in [0, 0.05) is 17.3 Å². The highest BCUT2D eigenvalue weighted by molar-refractivity contribution is 5.85. The van der Waals surface area contributed by atoms with Crippen molar-refractivity contribution in [1.29, 1.82) is 0 Å². The van der Waals surface area contributed by atoms with Crippen molar-refractivity contribution in [3.05, 3.63) is 53.7 Å². The summed E-state index contributed by atoms with van der Waals surface area (Å²) in [6, 6.07) is 8.42. The van der Waals surface area contributed by atoms with Crippen LogP contribution in [0.2, 0.25) is 0 Å². The second-order valence-corrected chi connectivity index (χ2v) is 5.20. The lowest BCUT2D eigenvalue weighted by molar-refractivity contribution is -0.267. The van der Waals surface area contributed by atoms with E-state index >= 15 is 0 Å². The highest BCUT2D eigenvalue weighted by Crippen LogP contribution is 2.43. The first-order chi connectivity index (χ1) is 11.2. The fraction of sp³-hybridized carbons (Fsp3) is 0.294. The molecule has 0 aliphatic carbocycles. The maximum Gasteiger partial charge on any atom is 0.432 e. The van der Waals surface area contributed by atoms with Crippen LogP contribution in [0.15, 0.2) is 42.6 Å². The first kappa shape index (κ1) is 17.9. The molecule has 1 N–H and O–H groups in total. The molecule has 1 aromatic carbocycles. The Hall–Kier alpha value is -2.41. The van der Waals surface area contributed by atoms with Crippen LogP contribution < -0.4 is 0 Å². The molecule has 4 nitrogen and oxygen atoms in total. The van der Waals surface area contributed by atoms with Crippen molar-refractivity contribution in [2.45, 2.75) is 25.6 Å². The highest BCUT2D eigenvalue weighted by atomic mass is 19.4. The van der Waals surface area contributed by atoms with Crippen LogP contribution >= 0.6 is 0 Å². The van der Waals surface area contributed by atoms with Crippen LogP contribution in [0.3, 0.4) is 0 Å². The molecule has 0 aliphatic rings. The topological polar surface area (TPSA) is 59.4 Å². The van der Waals surface area contributed by atoms with Crippen LogP contribution in [0.1, 0.15) is 18.1 Å². The van der Waals surface area contributed by atoms with Gasteiger partial charge in [-0.25, -0.2) is 4.79 Å². The van der Waals surface area contributed by atoms with Gasteiger partial charge in [0.2, 0.25) is 0 Å². The van der Waals surface area contributed by atoms with Crippen LogP contribution in [-0.4, -0.2) is 28.8 Å². The van der Waals surface area contributed by atoms with Gasteiger partial charge in [-0.15, -0.1) is 0 Å². The standard InChI is InChI=1S/C17H16F3NO3/c1-3-24-15(22)16(23,17(18,19)20)13-7-5-4-6-12(13)14-9-8-11(2)10-21-14/h4-10,23H,3H2,1-2H3. The van der Waals surface area contributed by atoms with E-state index in [1.807, 2.05) is 0 Å². The molecule has 128 valence electrons. The van der Waals surface area contributed by atoms with E-state index in [0.717, 1.165) is 11.6 Å². The van der Waals surface area contributed by atoms with E-state index in [4.69, 9.17) is 0 Å². The Balaban J connectivity index is 2.68. The molecule has 2 rings (SSSR count). The maximum absolute atomic E-state index is 13.6. The van der Waals surface area contributed by atoms with Gasteiger partial charge in [0.15, 0.2) is 0 Å². The highest BCUT2D eigenvalue weighted by Gasteiger charge is 2.63. The third kappa shape index (κ3) is 3.12. The SMILES string of the molecule is CCOC(=O)C(O)(c1ccccc1-c1ccc(C)cn1)C(F)(F)F. The lowest BCUT2D eigenvalue weighted by atomic mass is 9.87. The summed E-state index contributed by atoms with van der Waals surface area (Å²) in [6.45, 7) is 2.86. The summed E-state index contributed by atoms with van der Waals surface area (Å²) in [5.41, 5.74) is -3.35. The number of hydrogen-bond acceptors (Lipinski definition) is 4. The first-order valence-electron chi connectivity index (χ1n) is 7.20. The molecule has 1 heterocycles. The van der Waals surface area contributed by atoms with Crippen LogP contribution in [0.4, 0.5) is 13.2 Å². The second kappa shape index (κ2) is 6.60. The number of esters is 1. The van der Waals surface area contributed by atoms with Crippen molar-refractivity contribution in [1.82, 2.24) is 4.98 Å². The minimum atomic E-state index is -5.25. The number of halogens is 3. The van der Waals surface area contributed by atoms with Crippen LogP contribution in [0, 0.1) is 6.92 Å². The zero-order valence-electron chi connectivity index (χ0n) is 13.1. The van der Waals surface area contributed by atoms with E-state index in [9.17, 15) is 23.1 Å². The molecule has 0 amide bonds. The first-order valence-corrected chi connectivity index (χ1v) is 7.20. The average molecular weight is 339 g/mol. The van der Waals surface area contributed by atoms with Gasteiger partial charge < -0.3 is 9.84 Å². The lowest BCUT2D eigenvalue weighted by Gasteiger charge is -2.30. The van der Waals surface area contributed by atoms with Gasteiger partial charge in [-0.1, -0.05) is 30.3 Å². The zero-order valence-corrected chi connectivity index (χ0v) is 13.1. The van der Waals surface area contributed by atoms with Crippen molar-refractivity contribution < 1.29 is 27.8 Å². The number of rotatable bonds is 4. The number of alkyl halides is 3. The summed E-state index contributed by atoms with van der Waals surface area (Å²) < 4.78 is 45.1. The van der Waals surface area contributed by atoms with Crippen molar-refractivity contribution in [3.63, 3.8) is 0 Å². The van der Waals surface area contributed by atoms with Crippen LogP contribution in [-0.2, 0) is 15.1 Å². The van der Waals surface area contributed by atoms with Crippen LogP contribution in [0.25, 0.3) is 11.3 Å². The van der Waals surface area contributed by atoms with Crippen molar-refractivity contribution in [2.75, 3.05) is 6.61 Å². The van der Waals surface area contributed by atoms with E-state index in [0.29, 0.717) is 0 Å². The molecule has 0 saturated carbocycles. The van der Waals surface area contributed by atoms with Gasteiger partial charge >= 0.3 is 12.1 Å². The Morgan fingerprint density at radius 1 is 1.21 bits per heavy atom. The number of nitrogens with zero attached hydrogens (tertiary/aromatic N) is 1. The largest absolute Gasteiger partial charge is 0.463 e. The fourth-order valence-electron chi connectivity index (χ4n) is 2.26. The Kier molecular flexibility index (Phi) is 4.94. The molecule has 0 aliphatic heterocycles. The second-order valence-electron chi connectivity index (χ2n) is 5.20.